The Labute approximate surface area is 122 Å². The van der Waals surface area contributed by atoms with Crippen LogP contribution in [0.4, 0.5) is 0 Å². The molecule has 0 unspecified atom stereocenters. The molecule has 1 saturated carbocycles. The molecule has 0 aliphatic heterocycles. The Balaban J connectivity index is 1.96. The minimum atomic E-state index is 0.540. The molecule has 0 aromatic heterocycles. The van der Waals surface area contributed by atoms with Gasteiger partial charge in [-0.2, -0.15) is 0 Å². The van der Waals surface area contributed by atoms with Crippen molar-refractivity contribution in [3.05, 3.63) is 29.8 Å². The first kappa shape index (κ1) is 14.9. The lowest BCUT2D eigenvalue weighted by Crippen LogP contribution is -2.10. The standard InChI is InChI=1S/C18H25NO/c19-13-14-20-18-10-6-9-17(15-18)12-11-16-7-4-2-1-3-5-8-16/h6,9-10,15-16H,1-5,7-8,13-14,19H2. The average molecular weight is 271 g/mol. The van der Waals surface area contributed by atoms with Crippen LogP contribution in [-0.2, 0) is 0 Å². The minimum absolute atomic E-state index is 0.540. The summed E-state index contributed by atoms with van der Waals surface area (Å²) in [6, 6.07) is 8.00. The Kier molecular flexibility index (Phi) is 6.47. The lowest BCUT2D eigenvalue weighted by molar-refractivity contribution is 0.328. The monoisotopic (exact) mass is 271 g/mol. The molecule has 0 heterocycles. The number of hydrogen-bond donors (Lipinski definition) is 1. The molecule has 108 valence electrons. The molecule has 20 heavy (non-hydrogen) atoms. The van der Waals surface area contributed by atoms with Gasteiger partial charge in [-0.1, -0.05) is 50.0 Å². The van der Waals surface area contributed by atoms with Gasteiger partial charge in [0.15, 0.2) is 0 Å². The maximum atomic E-state index is 5.53. The second-order valence-electron chi connectivity index (χ2n) is 5.48. The maximum absolute atomic E-state index is 5.53. The van der Waals surface area contributed by atoms with E-state index in [-0.39, 0.29) is 0 Å². The van der Waals surface area contributed by atoms with E-state index in [2.05, 4.69) is 11.8 Å². The van der Waals surface area contributed by atoms with Crippen LogP contribution in [0.15, 0.2) is 24.3 Å². The molecular formula is C18H25NO. The highest BCUT2D eigenvalue weighted by molar-refractivity contribution is 5.40. The Hall–Kier alpha value is -1.46. The number of hydrogen-bond acceptors (Lipinski definition) is 2. The number of nitrogens with two attached hydrogens (primary N) is 1. The summed E-state index contributed by atoms with van der Waals surface area (Å²) in [6.45, 7) is 1.09. The maximum Gasteiger partial charge on any atom is 0.120 e. The van der Waals surface area contributed by atoms with Crippen molar-refractivity contribution in [3.63, 3.8) is 0 Å². The second kappa shape index (κ2) is 8.66. The molecule has 2 rings (SSSR count). The van der Waals surface area contributed by atoms with Gasteiger partial charge in [0.1, 0.15) is 12.4 Å². The minimum Gasteiger partial charge on any atom is -0.492 e. The fraction of sp³-hybridized carbons (Fsp3) is 0.556. The molecule has 0 saturated heterocycles. The van der Waals surface area contributed by atoms with Crippen molar-refractivity contribution in [2.24, 2.45) is 11.7 Å². The summed E-state index contributed by atoms with van der Waals surface area (Å²) in [6.07, 6.45) is 9.34. The van der Waals surface area contributed by atoms with Gasteiger partial charge in [0, 0.05) is 18.0 Å². The third kappa shape index (κ3) is 5.27. The lowest BCUT2D eigenvalue weighted by atomic mass is 9.91. The van der Waals surface area contributed by atoms with E-state index >= 15 is 0 Å². The molecule has 2 nitrogen and oxygen atoms in total. The quantitative estimate of drug-likeness (QED) is 0.850. The zero-order chi connectivity index (χ0) is 14.0. The molecular weight excluding hydrogens is 246 g/mol. The molecule has 0 atom stereocenters. The lowest BCUT2D eigenvalue weighted by Gasteiger charge is -2.13. The summed E-state index contributed by atoms with van der Waals surface area (Å²) in [7, 11) is 0. The Morgan fingerprint density at radius 2 is 1.85 bits per heavy atom. The first-order valence-electron chi connectivity index (χ1n) is 7.83. The highest BCUT2D eigenvalue weighted by Gasteiger charge is 2.08. The van der Waals surface area contributed by atoms with Crippen LogP contribution in [0.5, 0.6) is 5.75 Å². The summed E-state index contributed by atoms with van der Waals surface area (Å²) >= 11 is 0. The Bertz CT molecular complexity index is 450. The van der Waals surface area contributed by atoms with E-state index in [9.17, 15) is 0 Å². The van der Waals surface area contributed by atoms with Crippen LogP contribution in [0, 0.1) is 17.8 Å². The zero-order valence-electron chi connectivity index (χ0n) is 12.2. The zero-order valence-corrected chi connectivity index (χ0v) is 12.2. The van der Waals surface area contributed by atoms with Crippen molar-refractivity contribution in [1.82, 2.24) is 0 Å². The van der Waals surface area contributed by atoms with Gasteiger partial charge in [-0.05, 0) is 31.0 Å². The van der Waals surface area contributed by atoms with Crippen molar-refractivity contribution in [2.75, 3.05) is 13.2 Å². The summed E-state index contributed by atoms with van der Waals surface area (Å²) in [5.41, 5.74) is 6.49. The molecule has 0 bridgehead atoms. The SMILES string of the molecule is NCCOc1cccc(C#CC2CCCCCCC2)c1. The van der Waals surface area contributed by atoms with Crippen LogP contribution in [-0.4, -0.2) is 13.2 Å². The molecule has 2 N–H and O–H groups in total. The van der Waals surface area contributed by atoms with Gasteiger partial charge >= 0.3 is 0 Å². The average Bonchev–Trinajstić information content (AvgIpc) is 2.44. The Morgan fingerprint density at radius 3 is 2.60 bits per heavy atom. The van der Waals surface area contributed by atoms with Crippen LogP contribution in [0.2, 0.25) is 0 Å². The van der Waals surface area contributed by atoms with E-state index in [0.29, 0.717) is 19.1 Å². The Morgan fingerprint density at radius 1 is 1.10 bits per heavy atom. The van der Waals surface area contributed by atoms with Gasteiger partial charge in [-0.25, -0.2) is 0 Å². The van der Waals surface area contributed by atoms with E-state index in [0.717, 1.165) is 11.3 Å². The van der Waals surface area contributed by atoms with E-state index in [1.807, 2.05) is 24.3 Å². The predicted molar refractivity (Wildman–Crippen MR) is 83.7 cm³/mol. The molecule has 1 aliphatic rings. The fourth-order valence-electron chi connectivity index (χ4n) is 2.63. The van der Waals surface area contributed by atoms with Gasteiger partial charge in [0.2, 0.25) is 0 Å². The first-order chi connectivity index (χ1) is 9.88. The highest BCUT2D eigenvalue weighted by Crippen LogP contribution is 2.21. The molecule has 0 spiro atoms. The molecule has 1 fully saturated rings. The third-order valence-electron chi connectivity index (χ3n) is 3.75. The highest BCUT2D eigenvalue weighted by atomic mass is 16.5. The normalized spacial score (nSPS) is 16.6. The van der Waals surface area contributed by atoms with Gasteiger partial charge < -0.3 is 10.5 Å². The largest absolute Gasteiger partial charge is 0.492 e. The van der Waals surface area contributed by atoms with Crippen LogP contribution < -0.4 is 10.5 Å². The summed E-state index contributed by atoms with van der Waals surface area (Å²) in [5.74, 6) is 8.21. The van der Waals surface area contributed by atoms with Crippen molar-refractivity contribution in [1.29, 1.82) is 0 Å². The third-order valence-corrected chi connectivity index (χ3v) is 3.75. The summed E-state index contributed by atoms with van der Waals surface area (Å²) in [5, 5.41) is 0. The molecule has 0 radical (unpaired) electrons. The molecule has 1 aromatic carbocycles. The van der Waals surface area contributed by atoms with Gasteiger partial charge in [-0.15, -0.1) is 0 Å². The van der Waals surface area contributed by atoms with Crippen molar-refractivity contribution in [3.8, 4) is 17.6 Å². The van der Waals surface area contributed by atoms with E-state index in [1.165, 1.54) is 44.9 Å². The predicted octanol–water partition coefficient (Wildman–Crippen LogP) is 3.74. The van der Waals surface area contributed by atoms with Crippen LogP contribution in [0.25, 0.3) is 0 Å². The second-order valence-corrected chi connectivity index (χ2v) is 5.48. The van der Waals surface area contributed by atoms with E-state index < -0.39 is 0 Å². The number of ether oxygens (including phenoxy) is 1. The van der Waals surface area contributed by atoms with Gasteiger partial charge in [0.05, 0.1) is 0 Å². The fourth-order valence-corrected chi connectivity index (χ4v) is 2.63. The summed E-state index contributed by atoms with van der Waals surface area (Å²) in [4.78, 5) is 0. The first-order valence-corrected chi connectivity index (χ1v) is 7.83. The molecule has 1 aliphatic carbocycles. The van der Waals surface area contributed by atoms with Crippen LogP contribution in [0.1, 0.15) is 50.5 Å². The van der Waals surface area contributed by atoms with Crippen LogP contribution >= 0.6 is 0 Å². The molecule has 2 heteroatoms. The van der Waals surface area contributed by atoms with E-state index in [4.69, 9.17) is 10.5 Å². The number of rotatable bonds is 3. The topological polar surface area (TPSA) is 35.2 Å². The number of benzene rings is 1. The van der Waals surface area contributed by atoms with Crippen molar-refractivity contribution >= 4 is 0 Å². The van der Waals surface area contributed by atoms with E-state index in [1.54, 1.807) is 0 Å². The van der Waals surface area contributed by atoms with Crippen molar-refractivity contribution < 1.29 is 4.74 Å². The summed E-state index contributed by atoms with van der Waals surface area (Å²) < 4.78 is 5.53. The van der Waals surface area contributed by atoms with Gasteiger partial charge in [-0.3, -0.25) is 0 Å². The molecule has 0 amide bonds. The smallest absolute Gasteiger partial charge is 0.120 e. The molecule has 1 aromatic rings. The van der Waals surface area contributed by atoms with Gasteiger partial charge in [0.25, 0.3) is 0 Å². The van der Waals surface area contributed by atoms with Crippen LogP contribution in [0.3, 0.4) is 0 Å². The van der Waals surface area contributed by atoms with Crippen molar-refractivity contribution in [2.45, 2.75) is 44.9 Å².